The summed E-state index contributed by atoms with van der Waals surface area (Å²) in [5.41, 5.74) is 18.4. The molecule has 7 heteroatoms. The van der Waals surface area contributed by atoms with Crippen LogP contribution in [0.4, 0.5) is 17.5 Å². The van der Waals surface area contributed by atoms with Gasteiger partial charge in [-0.05, 0) is 161 Å². The van der Waals surface area contributed by atoms with E-state index in [0.717, 1.165) is 54.2 Å². The molecule has 0 aliphatic rings. The SMILES string of the molecule is Cc1cc(C)c(-c2cccc(NCC(C)C)n2)c(C)c1.Cc1cc(C)c(-c2cccc([N-]CC(C)C)n2)c(C)c1.Cc1cc(C)c(-c2cccc([N-]CC(C)C)n2)c(C)c1.[CH3-].[CH3-].[Hf+4]. The molecule has 63 heavy (non-hydrogen) atoms. The summed E-state index contributed by atoms with van der Waals surface area (Å²) < 4.78 is 0. The first kappa shape index (κ1) is 56.4. The average molecular weight is 1010 g/mol. The van der Waals surface area contributed by atoms with E-state index < -0.39 is 0 Å². The van der Waals surface area contributed by atoms with E-state index in [1.165, 1.54) is 66.8 Å². The van der Waals surface area contributed by atoms with Crippen LogP contribution in [0.25, 0.3) is 44.4 Å². The zero-order valence-electron chi connectivity index (χ0n) is 41.7. The van der Waals surface area contributed by atoms with Crippen LogP contribution < -0.4 is 5.32 Å². The van der Waals surface area contributed by atoms with E-state index >= 15 is 0 Å². The molecule has 0 saturated heterocycles. The first-order valence-corrected chi connectivity index (χ1v) is 21.7. The van der Waals surface area contributed by atoms with E-state index in [0.29, 0.717) is 17.8 Å². The van der Waals surface area contributed by atoms with Gasteiger partial charge in [-0.25, -0.2) is 4.98 Å². The quantitative estimate of drug-likeness (QED) is 0.0978. The van der Waals surface area contributed by atoms with Gasteiger partial charge in [-0.15, -0.1) is 0 Å². The van der Waals surface area contributed by atoms with Gasteiger partial charge in [-0.1, -0.05) is 149 Å². The first-order chi connectivity index (χ1) is 28.4. The van der Waals surface area contributed by atoms with Crippen molar-refractivity contribution in [3.8, 4) is 33.8 Å². The second-order valence-electron chi connectivity index (χ2n) is 17.7. The van der Waals surface area contributed by atoms with Gasteiger partial charge in [0.05, 0.1) is 5.69 Å². The fourth-order valence-corrected chi connectivity index (χ4v) is 7.59. The third-order valence-electron chi connectivity index (χ3n) is 9.95. The molecule has 6 aromatic rings. The fraction of sp³-hybridized carbons (Fsp3) is 0.375. The summed E-state index contributed by atoms with van der Waals surface area (Å²) in [5, 5.41) is 12.5. The van der Waals surface area contributed by atoms with E-state index in [1.54, 1.807) is 0 Å². The largest absolute Gasteiger partial charge is 4.00 e. The zero-order chi connectivity index (χ0) is 44.1. The van der Waals surface area contributed by atoms with Crippen LogP contribution in [0, 0.1) is 94.9 Å². The molecule has 0 aliphatic heterocycles. The van der Waals surface area contributed by atoms with Crippen molar-refractivity contribution in [1.29, 1.82) is 0 Å². The van der Waals surface area contributed by atoms with Crippen molar-refractivity contribution in [1.82, 2.24) is 15.0 Å². The van der Waals surface area contributed by atoms with Crippen LogP contribution in [0.2, 0.25) is 0 Å². The molecule has 0 saturated carbocycles. The molecule has 6 nitrogen and oxygen atoms in total. The van der Waals surface area contributed by atoms with Crippen molar-refractivity contribution in [3.63, 3.8) is 0 Å². The average Bonchev–Trinajstić information content (AvgIpc) is 3.15. The van der Waals surface area contributed by atoms with Crippen molar-refractivity contribution >= 4 is 17.5 Å². The monoisotopic (exact) mass is 1010 g/mol. The molecule has 6 rings (SSSR count). The molecule has 0 amide bonds. The molecule has 0 bridgehead atoms. The molecule has 0 aliphatic carbocycles. The smallest absolute Gasteiger partial charge is 0.465 e. The Morgan fingerprint density at radius 2 is 0.730 bits per heavy atom. The predicted molar refractivity (Wildman–Crippen MR) is 273 cm³/mol. The van der Waals surface area contributed by atoms with Gasteiger partial charge in [0.15, 0.2) is 0 Å². The Balaban J connectivity index is 0.000000462. The van der Waals surface area contributed by atoms with Crippen molar-refractivity contribution in [3.05, 3.63) is 167 Å². The molecule has 3 aromatic carbocycles. The van der Waals surface area contributed by atoms with E-state index in [4.69, 9.17) is 15.0 Å². The van der Waals surface area contributed by atoms with E-state index in [1.807, 2.05) is 30.3 Å². The minimum absolute atomic E-state index is 0. The number of nitrogens with one attached hydrogen (secondary N) is 1. The molecule has 3 heterocycles. The van der Waals surface area contributed by atoms with Crippen molar-refractivity contribution in [2.24, 2.45) is 17.8 Å². The van der Waals surface area contributed by atoms with E-state index in [-0.39, 0.29) is 40.7 Å². The Bertz CT molecular complexity index is 2000. The number of benzene rings is 3. The summed E-state index contributed by atoms with van der Waals surface area (Å²) >= 11 is 0. The number of aromatic nitrogens is 3. The third-order valence-corrected chi connectivity index (χ3v) is 9.95. The number of hydrogen-bond donors (Lipinski definition) is 1. The summed E-state index contributed by atoms with van der Waals surface area (Å²) in [6, 6.07) is 31.7. The van der Waals surface area contributed by atoms with E-state index in [2.05, 4.69) is 180 Å². The predicted octanol–water partition coefficient (Wildman–Crippen LogP) is 16.3. The second-order valence-corrected chi connectivity index (χ2v) is 17.7. The number of pyridine rings is 3. The minimum Gasteiger partial charge on any atom is -0.465 e. The van der Waals surface area contributed by atoms with Crippen LogP contribution >= 0.6 is 0 Å². The Kier molecular flexibility index (Phi) is 24.1. The molecule has 0 fully saturated rings. The molecule has 0 spiro atoms. The molecule has 1 N–H and O–H groups in total. The molecular weight excluding hydrogens is 935 g/mol. The normalized spacial score (nSPS) is 10.4. The summed E-state index contributed by atoms with van der Waals surface area (Å²) in [6.07, 6.45) is 0. The minimum atomic E-state index is 0. The topological polar surface area (TPSA) is 78.9 Å². The van der Waals surface area contributed by atoms with Gasteiger partial charge in [-0.2, -0.15) is 0 Å². The van der Waals surface area contributed by atoms with Gasteiger partial charge in [0.25, 0.3) is 0 Å². The Labute approximate surface area is 402 Å². The summed E-state index contributed by atoms with van der Waals surface area (Å²) in [4.78, 5) is 14.2. The summed E-state index contributed by atoms with van der Waals surface area (Å²) in [6.45, 7) is 35.0. The van der Waals surface area contributed by atoms with Crippen LogP contribution in [0.5, 0.6) is 0 Å². The number of rotatable bonds is 12. The maximum Gasteiger partial charge on any atom is 4.00 e. The number of nitrogens with zero attached hydrogens (tertiary/aromatic N) is 5. The number of hydrogen-bond acceptors (Lipinski definition) is 4. The molecule has 0 unspecified atom stereocenters. The third kappa shape index (κ3) is 17.5. The Morgan fingerprint density at radius 1 is 0.429 bits per heavy atom. The van der Waals surface area contributed by atoms with Gasteiger partial charge < -0.3 is 40.8 Å². The van der Waals surface area contributed by atoms with Gasteiger partial charge in [0.2, 0.25) is 0 Å². The molecule has 3 aromatic heterocycles. The summed E-state index contributed by atoms with van der Waals surface area (Å²) in [7, 11) is 0. The fourth-order valence-electron chi connectivity index (χ4n) is 7.59. The maximum atomic E-state index is 4.76. The van der Waals surface area contributed by atoms with Gasteiger partial charge in [-0.3, -0.25) is 0 Å². The van der Waals surface area contributed by atoms with Crippen molar-refractivity contribution in [2.75, 3.05) is 25.0 Å². The van der Waals surface area contributed by atoms with Crippen molar-refractivity contribution in [2.45, 2.75) is 104 Å². The van der Waals surface area contributed by atoms with Gasteiger partial charge in [0.1, 0.15) is 5.82 Å². The van der Waals surface area contributed by atoms with Crippen LogP contribution in [-0.2, 0) is 25.8 Å². The van der Waals surface area contributed by atoms with Crippen LogP contribution in [0.1, 0.15) is 91.6 Å². The van der Waals surface area contributed by atoms with Crippen LogP contribution in [0.15, 0.2) is 91.0 Å². The first-order valence-electron chi connectivity index (χ1n) is 21.7. The van der Waals surface area contributed by atoms with Crippen LogP contribution in [-0.4, -0.2) is 34.6 Å². The Morgan fingerprint density at radius 3 is 1.03 bits per heavy atom. The second kappa shape index (κ2) is 26.9. The van der Waals surface area contributed by atoms with Crippen molar-refractivity contribution < 1.29 is 25.8 Å². The standard InChI is InChI=1S/C18H24N2.2C18H23N2.2CH3.Hf/c3*1-12(2)11-19-17-8-6-7-16(20-17)18-14(4)9-13(3)10-15(18)5;;;/h6-10,12H,11H2,1-5H3,(H,19,20);2*6-10,12H,11H2,1-5H3;2*1H3;/q;4*-1;+4. The molecule has 334 valence electrons. The van der Waals surface area contributed by atoms with Gasteiger partial charge >= 0.3 is 25.8 Å². The molecular formula is C56H76HfN6. The van der Waals surface area contributed by atoms with E-state index in [9.17, 15) is 0 Å². The molecule has 0 radical (unpaired) electrons. The van der Waals surface area contributed by atoms with Gasteiger partial charge in [0, 0.05) is 12.1 Å². The number of anilines is 1. The zero-order valence-corrected chi connectivity index (χ0v) is 45.3. The Hall–Kier alpha value is -4.62. The summed E-state index contributed by atoms with van der Waals surface area (Å²) in [5.74, 6) is 4.34. The number of aryl methyl sites for hydroxylation is 9. The maximum absolute atomic E-state index is 4.76. The molecule has 0 atom stereocenters. The van der Waals surface area contributed by atoms with Crippen LogP contribution in [0.3, 0.4) is 0 Å².